The summed E-state index contributed by atoms with van der Waals surface area (Å²) in [5.41, 5.74) is -0.129. The van der Waals surface area contributed by atoms with E-state index < -0.39 is 13.0 Å². The van der Waals surface area contributed by atoms with E-state index in [2.05, 4.69) is 24.7 Å². The van der Waals surface area contributed by atoms with Crippen LogP contribution in [0.3, 0.4) is 0 Å². The van der Waals surface area contributed by atoms with Gasteiger partial charge >= 0.3 is 11.6 Å². The molecule has 1 heterocycles. The van der Waals surface area contributed by atoms with E-state index in [4.69, 9.17) is 9.47 Å². The van der Waals surface area contributed by atoms with Gasteiger partial charge in [-0.2, -0.15) is 0 Å². The van der Waals surface area contributed by atoms with E-state index in [0.29, 0.717) is 13.2 Å². The van der Waals surface area contributed by atoms with Crippen LogP contribution in [0.4, 0.5) is 5.69 Å². The van der Waals surface area contributed by atoms with Gasteiger partial charge in [-0.15, -0.1) is 5.10 Å². The van der Waals surface area contributed by atoms with Gasteiger partial charge in [0.05, 0.1) is 11.5 Å². The van der Waals surface area contributed by atoms with Gasteiger partial charge in [-0.25, -0.2) is 4.68 Å². The highest BCUT2D eigenvalue weighted by Crippen LogP contribution is 2.24. The molecular weight excluding hydrogens is 266 g/mol. The van der Waals surface area contributed by atoms with Crippen LogP contribution in [0.2, 0.25) is 25.7 Å². The van der Waals surface area contributed by atoms with Crippen LogP contribution in [0.1, 0.15) is 6.92 Å². The fraction of sp³-hybridized carbons (Fsp3) is 0.727. The predicted molar refractivity (Wildman–Crippen MR) is 74.2 cm³/mol. The zero-order valence-corrected chi connectivity index (χ0v) is 12.9. The van der Waals surface area contributed by atoms with Crippen molar-refractivity contribution in [3.63, 3.8) is 0 Å². The van der Waals surface area contributed by atoms with E-state index in [1.807, 2.05) is 0 Å². The molecule has 0 fully saturated rings. The molecule has 0 radical (unpaired) electrons. The summed E-state index contributed by atoms with van der Waals surface area (Å²) in [5.74, 6) is 0.0429. The van der Waals surface area contributed by atoms with Gasteiger partial charge in [0.1, 0.15) is 12.9 Å². The Morgan fingerprint density at radius 2 is 2.16 bits per heavy atom. The first-order valence-corrected chi connectivity index (χ1v) is 9.96. The van der Waals surface area contributed by atoms with Crippen molar-refractivity contribution in [1.82, 2.24) is 9.78 Å². The SMILES string of the molecule is CCOc1nn(COCC[Si](C)(C)C)cc1[N+](=O)[O-]. The zero-order chi connectivity index (χ0) is 14.5. The van der Waals surface area contributed by atoms with Gasteiger partial charge < -0.3 is 9.47 Å². The van der Waals surface area contributed by atoms with Crippen LogP contribution in [-0.2, 0) is 11.5 Å². The molecule has 0 aliphatic carbocycles. The number of hydrogen-bond donors (Lipinski definition) is 0. The van der Waals surface area contributed by atoms with Crippen molar-refractivity contribution in [2.45, 2.75) is 39.3 Å². The van der Waals surface area contributed by atoms with Crippen molar-refractivity contribution in [1.29, 1.82) is 0 Å². The number of rotatable bonds is 8. The highest BCUT2D eigenvalue weighted by atomic mass is 28.3. The molecule has 0 unspecified atom stereocenters. The summed E-state index contributed by atoms with van der Waals surface area (Å²) in [6.07, 6.45) is 1.33. The van der Waals surface area contributed by atoms with Crippen molar-refractivity contribution >= 4 is 13.8 Å². The molecule has 0 aliphatic rings. The number of ether oxygens (including phenoxy) is 2. The molecule has 0 saturated heterocycles. The number of nitrogens with zero attached hydrogens (tertiary/aromatic N) is 3. The minimum Gasteiger partial charge on any atom is -0.472 e. The molecule has 0 N–H and O–H groups in total. The summed E-state index contributed by atoms with van der Waals surface area (Å²) in [5, 5.41) is 14.8. The Kier molecular flexibility index (Phi) is 5.49. The monoisotopic (exact) mass is 287 g/mol. The molecule has 19 heavy (non-hydrogen) atoms. The maximum Gasteiger partial charge on any atom is 0.350 e. The first kappa shape index (κ1) is 15.6. The van der Waals surface area contributed by atoms with Crippen LogP contribution >= 0.6 is 0 Å². The average Bonchev–Trinajstić information content (AvgIpc) is 2.67. The number of aromatic nitrogens is 2. The fourth-order valence-electron chi connectivity index (χ4n) is 1.36. The highest BCUT2D eigenvalue weighted by molar-refractivity contribution is 6.76. The lowest BCUT2D eigenvalue weighted by molar-refractivity contribution is -0.386. The predicted octanol–water partition coefficient (Wildman–Crippen LogP) is 2.50. The van der Waals surface area contributed by atoms with Crippen LogP contribution in [0.5, 0.6) is 5.88 Å². The molecule has 1 rings (SSSR count). The first-order chi connectivity index (χ1) is 8.83. The fourth-order valence-corrected chi connectivity index (χ4v) is 2.12. The standard InChI is InChI=1S/C11H21N3O4Si/c1-5-18-11-10(14(15)16)8-13(12-11)9-17-6-7-19(2,3)4/h8H,5-7,9H2,1-4H3. The molecule has 108 valence electrons. The maximum atomic E-state index is 10.8. The smallest absolute Gasteiger partial charge is 0.350 e. The first-order valence-electron chi connectivity index (χ1n) is 6.26. The molecule has 0 amide bonds. The largest absolute Gasteiger partial charge is 0.472 e. The van der Waals surface area contributed by atoms with Crippen LogP contribution in [0, 0.1) is 10.1 Å². The van der Waals surface area contributed by atoms with E-state index in [0.717, 1.165) is 6.04 Å². The minimum atomic E-state index is -1.12. The Morgan fingerprint density at radius 1 is 1.47 bits per heavy atom. The third kappa shape index (κ3) is 5.39. The van der Waals surface area contributed by atoms with Crippen LogP contribution in [-0.4, -0.2) is 36.0 Å². The molecule has 0 atom stereocenters. The van der Waals surface area contributed by atoms with Gasteiger partial charge in [0.2, 0.25) is 0 Å². The van der Waals surface area contributed by atoms with Crippen LogP contribution < -0.4 is 4.74 Å². The van der Waals surface area contributed by atoms with Gasteiger partial charge in [0, 0.05) is 14.7 Å². The van der Waals surface area contributed by atoms with Crippen LogP contribution in [0.15, 0.2) is 6.20 Å². The normalized spacial score (nSPS) is 11.6. The Labute approximate surface area is 113 Å². The molecule has 1 aromatic heterocycles. The summed E-state index contributed by atoms with van der Waals surface area (Å²) in [6.45, 7) is 9.75. The average molecular weight is 287 g/mol. The second-order valence-corrected chi connectivity index (χ2v) is 11.0. The third-order valence-electron chi connectivity index (χ3n) is 2.41. The third-order valence-corrected chi connectivity index (χ3v) is 4.11. The second kappa shape index (κ2) is 6.67. The summed E-state index contributed by atoms with van der Waals surface area (Å²) in [4.78, 5) is 10.3. The van der Waals surface area contributed by atoms with E-state index in [1.54, 1.807) is 6.92 Å². The lowest BCUT2D eigenvalue weighted by Gasteiger charge is -2.15. The van der Waals surface area contributed by atoms with Gasteiger partial charge in [0.25, 0.3) is 0 Å². The summed E-state index contributed by atoms with van der Waals surface area (Å²) < 4.78 is 12.0. The van der Waals surface area contributed by atoms with Crippen molar-refractivity contribution in [2.75, 3.05) is 13.2 Å². The quantitative estimate of drug-likeness (QED) is 0.317. The van der Waals surface area contributed by atoms with Gasteiger partial charge in [0.15, 0.2) is 0 Å². The molecule has 0 bridgehead atoms. The molecule has 0 spiro atoms. The van der Waals surface area contributed by atoms with Crippen molar-refractivity contribution in [2.24, 2.45) is 0 Å². The van der Waals surface area contributed by atoms with E-state index in [9.17, 15) is 10.1 Å². The number of hydrogen-bond acceptors (Lipinski definition) is 5. The van der Waals surface area contributed by atoms with Gasteiger partial charge in [-0.05, 0) is 13.0 Å². The summed E-state index contributed by atoms with van der Waals surface area (Å²) in [7, 11) is -1.12. The summed E-state index contributed by atoms with van der Waals surface area (Å²) in [6, 6.07) is 1.05. The van der Waals surface area contributed by atoms with Crippen molar-refractivity contribution in [3.05, 3.63) is 16.3 Å². The molecule has 0 saturated carbocycles. The van der Waals surface area contributed by atoms with E-state index in [-0.39, 0.29) is 18.3 Å². The molecule has 7 nitrogen and oxygen atoms in total. The molecule has 8 heteroatoms. The van der Waals surface area contributed by atoms with Gasteiger partial charge in [-0.1, -0.05) is 19.6 Å². The molecule has 0 aliphatic heterocycles. The highest BCUT2D eigenvalue weighted by Gasteiger charge is 2.20. The maximum absolute atomic E-state index is 10.8. The van der Waals surface area contributed by atoms with Crippen LogP contribution in [0.25, 0.3) is 0 Å². The molecule has 1 aromatic rings. The van der Waals surface area contributed by atoms with E-state index >= 15 is 0 Å². The Balaban J connectivity index is 2.55. The Morgan fingerprint density at radius 3 is 2.68 bits per heavy atom. The van der Waals surface area contributed by atoms with Gasteiger partial charge in [-0.3, -0.25) is 10.1 Å². The van der Waals surface area contributed by atoms with Crippen molar-refractivity contribution in [3.8, 4) is 5.88 Å². The van der Waals surface area contributed by atoms with Crippen molar-refractivity contribution < 1.29 is 14.4 Å². The second-order valence-electron chi connectivity index (χ2n) is 5.40. The lowest BCUT2D eigenvalue weighted by Crippen LogP contribution is -2.22. The minimum absolute atomic E-state index is 0.0429. The molecule has 0 aromatic carbocycles. The summed E-state index contributed by atoms with van der Waals surface area (Å²) >= 11 is 0. The Hall–Kier alpha value is -1.41. The number of nitro groups is 1. The Bertz CT molecular complexity index is 428. The topological polar surface area (TPSA) is 79.4 Å². The zero-order valence-electron chi connectivity index (χ0n) is 11.9. The van der Waals surface area contributed by atoms with E-state index in [1.165, 1.54) is 10.9 Å². The molecular formula is C11H21N3O4Si. The lowest BCUT2D eigenvalue weighted by atomic mass is 10.5.